The van der Waals surface area contributed by atoms with E-state index in [1.54, 1.807) is 19.2 Å². The van der Waals surface area contributed by atoms with Gasteiger partial charge in [0.2, 0.25) is 0 Å². The average Bonchev–Trinajstić information content (AvgIpc) is 2.33. The quantitative estimate of drug-likeness (QED) is 0.462. The summed E-state index contributed by atoms with van der Waals surface area (Å²) in [6.07, 6.45) is 0.741. The van der Waals surface area contributed by atoms with Crippen molar-refractivity contribution in [2.24, 2.45) is 0 Å². The second-order valence-electron chi connectivity index (χ2n) is 3.34. The summed E-state index contributed by atoms with van der Waals surface area (Å²) in [6, 6.07) is 6.45. The van der Waals surface area contributed by atoms with Crippen molar-refractivity contribution in [1.29, 1.82) is 5.26 Å². The van der Waals surface area contributed by atoms with Crippen LogP contribution in [0.3, 0.4) is 0 Å². The Kier molecular flexibility index (Phi) is 4.91. The maximum atomic E-state index is 10.9. The number of nitro benzene ring substituents is 1. The molecule has 0 bridgehead atoms. The van der Waals surface area contributed by atoms with Gasteiger partial charge in [-0.15, -0.1) is 0 Å². The lowest BCUT2D eigenvalue weighted by atomic mass is 10.1. The fraction of sp³-hybridized carbons (Fsp3) is 0.364. The van der Waals surface area contributed by atoms with E-state index in [0.717, 1.165) is 6.42 Å². The van der Waals surface area contributed by atoms with Crippen LogP contribution in [0.15, 0.2) is 18.2 Å². The van der Waals surface area contributed by atoms with Gasteiger partial charge in [0.05, 0.1) is 4.92 Å². The van der Waals surface area contributed by atoms with Crippen LogP contribution in [0.25, 0.3) is 0 Å². The summed E-state index contributed by atoms with van der Waals surface area (Å²) < 4.78 is 4.88. The zero-order valence-electron chi connectivity index (χ0n) is 9.47. The van der Waals surface area contributed by atoms with E-state index < -0.39 is 4.92 Å². The predicted molar refractivity (Wildman–Crippen MR) is 62.8 cm³/mol. The number of nitro groups is 1. The van der Waals surface area contributed by atoms with Gasteiger partial charge in [0.1, 0.15) is 17.3 Å². The molecular weight excluding hydrogens is 222 g/mol. The molecule has 0 aliphatic carbocycles. The Balaban J connectivity index is 2.84. The molecule has 0 amide bonds. The van der Waals surface area contributed by atoms with E-state index in [1.165, 1.54) is 6.07 Å². The lowest BCUT2D eigenvalue weighted by Crippen LogP contribution is -2.07. The summed E-state index contributed by atoms with van der Waals surface area (Å²) in [6.45, 7) is 1.14. The topological polar surface area (TPSA) is 88.2 Å². The summed E-state index contributed by atoms with van der Waals surface area (Å²) in [5, 5.41) is 22.6. The van der Waals surface area contributed by atoms with E-state index in [1.807, 2.05) is 6.07 Å². The molecule has 90 valence electrons. The van der Waals surface area contributed by atoms with Gasteiger partial charge in [-0.25, -0.2) is 0 Å². The summed E-state index contributed by atoms with van der Waals surface area (Å²) in [5.41, 5.74) is 0.254. The van der Waals surface area contributed by atoms with E-state index in [2.05, 4.69) is 5.32 Å². The molecule has 6 heteroatoms. The molecule has 0 aromatic heterocycles. The maximum Gasteiger partial charge on any atom is 0.309 e. The number of para-hydroxylation sites is 1. The number of hydrogen-bond donors (Lipinski definition) is 1. The molecule has 0 saturated carbocycles. The largest absolute Gasteiger partial charge is 0.385 e. The van der Waals surface area contributed by atoms with Crippen LogP contribution in [-0.4, -0.2) is 25.2 Å². The number of nitrogens with one attached hydrogen (secondary N) is 1. The molecule has 0 saturated heterocycles. The number of nitriles is 1. The Morgan fingerprint density at radius 3 is 2.94 bits per heavy atom. The standard InChI is InChI=1S/C11H13N3O3/c1-17-7-3-6-13-10-5-2-4-9(8-12)11(10)14(15)16/h2,4-5,13H,3,6-7H2,1H3. The minimum atomic E-state index is -0.544. The van der Waals surface area contributed by atoms with Crippen LogP contribution in [0.1, 0.15) is 12.0 Å². The summed E-state index contributed by atoms with van der Waals surface area (Å²) in [4.78, 5) is 10.3. The van der Waals surface area contributed by atoms with Crippen LogP contribution in [0.5, 0.6) is 0 Å². The van der Waals surface area contributed by atoms with E-state index in [0.29, 0.717) is 18.8 Å². The molecule has 0 fully saturated rings. The first-order valence-corrected chi connectivity index (χ1v) is 5.11. The van der Waals surface area contributed by atoms with Crippen molar-refractivity contribution in [3.8, 4) is 6.07 Å². The number of ether oxygens (including phenoxy) is 1. The molecule has 1 aromatic carbocycles. The number of hydrogen-bond acceptors (Lipinski definition) is 5. The second-order valence-corrected chi connectivity index (χ2v) is 3.34. The van der Waals surface area contributed by atoms with Crippen molar-refractivity contribution >= 4 is 11.4 Å². The van der Waals surface area contributed by atoms with Crippen LogP contribution < -0.4 is 5.32 Å². The van der Waals surface area contributed by atoms with Gasteiger partial charge in [-0.05, 0) is 18.6 Å². The molecular formula is C11H13N3O3. The molecule has 1 rings (SSSR count). The van der Waals surface area contributed by atoms with Gasteiger partial charge in [0, 0.05) is 20.3 Å². The third kappa shape index (κ3) is 3.43. The summed E-state index contributed by atoms with van der Waals surface area (Å²) >= 11 is 0. The smallest absolute Gasteiger partial charge is 0.309 e. The van der Waals surface area contributed by atoms with Gasteiger partial charge in [-0.2, -0.15) is 5.26 Å². The normalized spacial score (nSPS) is 9.65. The molecule has 0 spiro atoms. The Bertz CT molecular complexity index is 440. The van der Waals surface area contributed by atoms with Crippen molar-refractivity contribution in [1.82, 2.24) is 0 Å². The molecule has 0 aliphatic heterocycles. The average molecular weight is 235 g/mol. The molecule has 0 aliphatic rings. The molecule has 0 atom stereocenters. The van der Waals surface area contributed by atoms with E-state index in [-0.39, 0.29) is 11.3 Å². The highest BCUT2D eigenvalue weighted by atomic mass is 16.6. The zero-order chi connectivity index (χ0) is 12.7. The molecule has 0 heterocycles. The Morgan fingerprint density at radius 1 is 1.59 bits per heavy atom. The fourth-order valence-corrected chi connectivity index (χ4v) is 1.41. The number of rotatable bonds is 6. The monoisotopic (exact) mass is 235 g/mol. The third-order valence-electron chi connectivity index (χ3n) is 2.18. The van der Waals surface area contributed by atoms with Crippen molar-refractivity contribution in [3.63, 3.8) is 0 Å². The number of nitrogens with zero attached hydrogens (tertiary/aromatic N) is 2. The highest BCUT2D eigenvalue weighted by molar-refractivity contribution is 5.68. The van der Waals surface area contributed by atoms with Gasteiger partial charge in [-0.1, -0.05) is 6.07 Å². The molecule has 1 N–H and O–H groups in total. The van der Waals surface area contributed by atoms with Crippen LogP contribution >= 0.6 is 0 Å². The van der Waals surface area contributed by atoms with Crippen molar-refractivity contribution in [2.75, 3.05) is 25.6 Å². The Labute approximate surface area is 99.0 Å². The van der Waals surface area contributed by atoms with Crippen LogP contribution in [-0.2, 0) is 4.74 Å². The van der Waals surface area contributed by atoms with Crippen LogP contribution in [0.4, 0.5) is 11.4 Å². The number of methoxy groups -OCH3 is 1. The van der Waals surface area contributed by atoms with Gasteiger partial charge in [0.25, 0.3) is 0 Å². The lowest BCUT2D eigenvalue weighted by molar-refractivity contribution is -0.384. The first-order valence-electron chi connectivity index (χ1n) is 5.11. The molecule has 1 aromatic rings. The van der Waals surface area contributed by atoms with Crippen molar-refractivity contribution < 1.29 is 9.66 Å². The highest BCUT2D eigenvalue weighted by Crippen LogP contribution is 2.27. The second kappa shape index (κ2) is 6.45. The maximum absolute atomic E-state index is 10.9. The van der Waals surface area contributed by atoms with E-state index >= 15 is 0 Å². The SMILES string of the molecule is COCCCNc1cccc(C#N)c1[N+](=O)[O-]. The van der Waals surface area contributed by atoms with E-state index in [4.69, 9.17) is 10.00 Å². The molecule has 17 heavy (non-hydrogen) atoms. The number of anilines is 1. The lowest BCUT2D eigenvalue weighted by Gasteiger charge is -2.07. The van der Waals surface area contributed by atoms with Crippen molar-refractivity contribution in [2.45, 2.75) is 6.42 Å². The van der Waals surface area contributed by atoms with Gasteiger partial charge in [0.15, 0.2) is 0 Å². The predicted octanol–water partition coefficient (Wildman–Crippen LogP) is 1.91. The van der Waals surface area contributed by atoms with Crippen LogP contribution in [0, 0.1) is 21.4 Å². The van der Waals surface area contributed by atoms with Crippen molar-refractivity contribution in [3.05, 3.63) is 33.9 Å². The minimum absolute atomic E-state index is 0.0618. The first-order chi connectivity index (χ1) is 8.20. The fourth-order valence-electron chi connectivity index (χ4n) is 1.41. The molecule has 0 radical (unpaired) electrons. The summed E-state index contributed by atoms with van der Waals surface area (Å²) in [5.74, 6) is 0. The molecule has 6 nitrogen and oxygen atoms in total. The third-order valence-corrected chi connectivity index (χ3v) is 2.18. The van der Waals surface area contributed by atoms with E-state index in [9.17, 15) is 10.1 Å². The summed E-state index contributed by atoms with van der Waals surface area (Å²) in [7, 11) is 1.60. The van der Waals surface area contributed by atoms with Crippen LogP contribution in [0.2, 0.25) is 0 Å². The highest BCUT2D eigenvalue weighted by Gasteiger charge is 2.18. The minimum Gasteiger partial charge on any atom is -0.385 e. The van der Waals surface area contributed by atoms with Gasteiger partial charge >= 0.3 is 5.69 Å². The Hall–Kier alpha value is -2.13. The van der Waals surface area contributed by atoms with Gasteiger partial charge < -0.3 is 10.1 Å². The Morgan fingerprint density at radius 2 is 2.35 bits per heavy atom. The number of benzene rings is 1. The molecule has 0 unspecified atom stereocenters. The first kappa shape index (κ1) is 12.9. The van der Waals surface area contributed by atoms with Gasteiger partial charge in [-0.3, -0.25) is 10.1 Å². The zero-order valence-corrected chi connectivity index (χ0v) is 9.47.